The maximum atomic E-state index is 4.36. The highest BCUT2D eigenvalue weighted by molar-refractivity contribution is 4.94. The highest BCUT2D eigenvalue weighted by Crippen LogP contribution is 2.01. The molecule has 3 heteroatoms. The lowest BCUT2D eigenvalue weighted by Crippen LogP contribution is -2.29. The Morgan fingerprint density at radius 2 is 2.29 bits per heavy atom. The zero-order chi connectivity index (χ0) is 10.4. The van der Waals surface area contributed by atoms with Gasteiger partial charge < -0.3 is 9.88 Å². The molecule has 1 N–H and O–H groups in total. The molecule has 0 saturated carbocycles. The summed E-state index contributed by atoms with van der Waals surface area (Å²) in [5, 5.41) is 3.47. The van der Waals surface area contributed by atoms with E-state index in [-0.39, 0.29) is 0 Å². The van der Waals surface area contributed by atoms with E-state index in [9.17, 15) is 0 Å². The number of rotatable bonds is 6. The molecule has 0 fully saturated rings. The van der Waals surface area contributed by atoms with Crippen molar-refractivity contribution in [1.29, 1.82) is 0 Å². The van der Waals surface area contributed by atoms with Crippen molar-refractivity contribution in [2.45, 2.75) is 46.2 Å². The van der Waals surface area contributed by atoms with Crippen LogP contribution in [0.4, 0.5) is 0 Å². The van der Waals surface area contributed by atoms with Crippen molar-refractivity contribution in [1.82, 2.24) is 14.9 Å². The predicted molar refractivity (Wildman–Crippen MR) is 59.4 cm³/mol. The fourth-order valence-corrected chi connectivity index (χ4v) is 1.55. The fraction of sp³-hybridized carbons (Fsp3) is 0.727. The van der Waals surface area contributed by atoms with E-state index >= 15 is 0 Å². The minimum Gasteiger partial charge on any atom is -0.335 e. The first-order valence-electron chi connectivity index (χ1n) is 5.51. The third-order valence-corrected chi connectivity index (χ3v) is 2.37. The molecule has 14 heavy (non-hydrogen) atoms. The Morgan fingerprint density at radius 3 is 2.93 bits per heavy atom. The van der Waals surface area contributed by atoms with Gasteiger partial charge >= 0.3 is 0 Å². The molecule has 0 aliphatic carbocycles. The van der Waals surface area contributed by atoms with Crippen LogP contribution >= 0.6 is 0 Å². The largest absolute Gasteiger partial charge is 0.335 e. The van der Waals surface area contributed by atoms with Crippen LogP contribution in [0.25, 0.3) is 0 Å². The van der Waals surface area contributed by atoms with E-state index in [4.69, 9.17) is 0 Å². The second-order valence-electron chi connectivity index (χ2n) is 3.69. The quantitative estimate of drug-likeness (QED) is 0.750. The highest BCUT2D eigenvalue weighted by atomic mass is 15.1. The average molecular weight is 195 g/mol. The lowest BCUT2D eigenvalue weighted by Gasteiger charge is -2.13. The number of imidazole rings is 1. The van der Waals surface area contributed by atoms with Gasteiger partial charge in [-0.05, 0) is 26.8 Å². The number of nitrogens with one attached hydrogen (secondary N) is 1. The van der Waals surface area contributed by atoms with Gasteiger partial charge in [0.05, 0.1) is 0 Å². The molecule has 3 nitrogen and oxygen atoms in total. The molecule has 1 aromatic heterocycles. The topological polar surface area (TPSA) is 29.9 Å². The van der Waals surface area contributed by atoms with Crippen molar-refractivity contribution in [3.05, 3.63) is 18.2 Å². The Hall–Kier alpha value is -0.830. The summed E-state index contributed by atoms with van der Waals surface area (Å²) in [6.07, 6.45) is 6.13. The first-order valence-corrected chi connectivity index (χ1v) is 5.51. The summed E-state index contributed by atoms with van der Waals surface area (Å²) in [6.45, 7) is 8.65. The molecule has 0 aliphatic heterocycles. The maximum absolute atomic E-state index is 4.36. The van der Waals surface area contributed by atoms with Crippen molar-refractivity contribution < 1.29 is 0 Å². The van der Waals surface area contributed by atoms with Gasteiger partial charge in [0.2, 0.25) is 0 Å². The van der Waals surface area contributed by atoms with E-state index in [1.54, 1.807) is 0 Å². The Bertz CT molecular complexity index is 255. The highest BCUT2D eigenvalue weighted by Gasteiger charge is 2.06. The molecule has 1 heterocycles. The summed E-state index contributed by atoms with van der Waals surface area (Å²) in [5.74, 6) is 1.18. The molecule has 0 aromatic carbocycles. The third-order valence-electron chi connectivity index (χ3n) is 2.37. The average Bonchev–Trinajstić information content (AvgIpc) is 2.62. The van der Waals surface area contributed by atoms with Crippen molar-refractivity contribution in [2.75, 3.05) is 6.54 Å². The summed E-state index contributed by atoms with van der Waals surface area (Å²) < 4.78 is 2.20. The molecule has 1 atom stereocenters. The molecule has 1 rings (SSSR count). The smallest absolute Gasteiger partial charge is 0.110 e. The Balaban J connectivity index is 2.42. The lowest BCUT2D eigenvalue weighted by atomic mass is 10.2. The predicted octanol–water partition coefficient (Wildman–Crippen LogP) is 1.83. The van der Waals surface area contributed by atoms with Gasteiger partial charge in [-0.2, -0.15) is 0 Å². The maximum Gasteiger partial charge on any atom is 0.110 e. The third kappa shape index (κ3) is 3.14. The molecule has 0 aliphatic rings. The molecular weight excluding hydrogens is 174 g/mol. The molecular formula is C11H21N3. The van der Waals surface area contributed by atoms with Crippen LogP contribution in [0, 0.1) is 0 Å². The minimum absolute atomic E-state index is 0.516. The van der Waals surface area contributed by atoms with Gasteiger partial charge in [0, 0.05) is 31.4 Å². The van der Waals surface area contributed by atoms with Crippen LogP contribution in [0.3, 0.4) is 0 Å². The summed E-state index contributed by atoms with van der Waals surface area (Å²) in [5.41, 5.74) is 0. The number of hydrogen-bond donors (Lipinski definition) is 1. The van der Waals surface area contributed by atoms with Gasteiger partial charge in [0.25, 0.3) is 0 Å². The zero-order valence-corrected chi connectivity index (χ0v) is 9.45. The van der Waals surface area contributed by atoms with Crippen LogP contribution in [0.15, 0.2) is 12.4 Å². The number of aromatic nitrogens is 2. The lowest BCUT2D eigenvalue weighted by molar-refractivity contribution is 0.520. The molecule has 0 bridgehead atoms. The molecule has 0 amide bonds. The van der Waals surface area contributed by atoms with Gasteiger partial charge in [-0.3, -0.25) is 0 Å². The van der Waals surface area contributed by atoms with Gasteiger partial charge in [-0.25, -0.2) is 4.98 Å². The van der Waals surface area contributed by atoms with Crippen LogP contribution in [-0.2, 0) is 13.0 Å². The SMILES string of the molecule is CCCNC(C)Cc1nccn1CC. The Kier molecular flexibility index (Phi) is 4.66. The van der Waals surface area contributed by atoms with E-state index in [0.717, 1.165) is 19.5 Å². The summed E-state index contributed by atoms with van der Waals surface area (Å²) in [4.78, 5) is 4.36. The van der Waals surface area contributed by atoms with Crippen LogP contribution in [0.2, 0.25) is 0 Å². The molecule has 0 spiro atoms. The van der Waals surface area contributed by atoms with E-state index in [2.05, 4.69) is 35.6 Å². The zero-order valence-electron chi connectivity index (χ0n) is 9.45. The number of hydrogen-bond acceptors (Lipinski definition) is 2. The van der Waals surface area contributed by atoms with E-state index < -0.39 is 0 Å². The summed E-state index contributed by atoms with van der Waals surface area (Å²) in [7, 11) is 0. The molecule has 0 saturated heterocycles. The van der Waals surface area contributed by atoms with Gasteiger partial charge in [0.15, 0.2) is 0 Å². The van der Waals surface area contributed by atoms with Crippen LogP contribution < -0.4 is 5.32 Å². The van der Waals surface area contributed by atoms with Crippen molar-refractivity contribution in [2.24, 2.45) is 0 Å². The summed E-state index contributed by atoms with van der Waals surface area (Å²) in [6, 6.07) is 0.516. The number of aryl methyl sites for hydroxylation is 1. The van der Waals surface area contributed by atoms with Crippen molar-refractivity contribution in [3.8, 4) is 0 Å². The van der Waals surface area contributed by atoms with Crippen LogP contribution in [-0.4, -0.2) is 22.1 Å². The van der Waals surface area contributed by atoms with Crippen molar-refractivity contribution in [3.63, 3.8) is 0 Å². The normalized spacial score (nSPS) is 13.1. The fourth-order valence-electron chi connectivity index (χ4n) is 1.55. The first-order chi connectivity index (χ1) is 6.77. The Morgan fingerprint density at radius 1 is 1.50 bits per heavy atom. The monoisotopic (exact) mass is 195 g/mol. The first kappa shape index (κ1) is 11.2. The van der Waals surface area contributed by atoms with Crippen LogP contribution in [0.1, 0.15) is 33.0 Å². The van der Waals surface area contributed by atoms with Crippen LogP contribution in [0.5, 0.6) is 0 Å². The van der Waals surface area contributed by atoms with E-state index in [1.165, 1.54) is 12.2 Å². The second kappa shape index (κ2) is 5.81. The number of nitrogens with zero attached hydrogens (tertiary/aromatic N) is 2. The van der Waals surface area contributed by atoms with E-state index in [0.29, 0.717) is 6.04 Å². The molecule has 0 radical (unpaired) electrons. The van der Waals surface area contributed by atoms with E-state index in [1.807, 2.05) is 12.4 Å². The van der Waals surface area contributed by atoms with Gasteiger partial charge in [0.1, 0.15) is 5.82 Å². The summed E-state index contributed by atoms with van der Waals surface area (Å²) >= 11 is 0. The van der Waals surface area contributed by atoms with Gasteiger partial charge in [-0.1, -0.05) is 6.92 Å². The molecule has 80 valence electrons. The van der Waals surface area contributed by atoms with Crippen molar-refractivity contribution >= 4 is 0 Å². The second-order valence-corrected chi connectivity index (χ2v) is 3.69. The molecule has 1 aromatic rings. The van der Waals surface area contributed by atoms with Gasteiger partial charge in [-0.15, -0.1) is 0 Å². The Labute approximate surface area is 86.5 Å². The minimum atomic E-state index is 0.516. The standard InChI is InChI=1S/C11H21N3/c1-4-6-12-10(3)9-11-13-7-8-14(11)5-2/h7-8,10,12H,4-6,9H2,1-3H3. The molecule has 1 unspecified atom stereocenters.